The largest absolute Gasteiger partial charge is 0.381 e. The number of nitrogens with zero attached hydrogens (tertiary/aromatic N) is 2. The summed E-state index contributed by atoms with van der Waals surface area (Å²) < 4.78 is 33.0. The average Bonchev–Trinajstić information content (AvgIpc) is 2.98. The SMILES string of the molecule is COC1CCC(NC(=O)c2cnn3c2N[C@@H](C)C[C@H]3C(F)F)CC1. The Morgan fingerprint density at radius 1 is 1.42 bits per heavy atom. The molecule has 1 amide bonds. The van der Waals surface area contributed by atoms with Gasteiger partial charge in [0, 0.05) is 19.2 Å². The Hall–Kier alpha value is -1.70. The topological polar surface area (TPSA) is 68.2 Å². The zero-order valence-corrected chi connectivity index (χ0v) is 14.0. The Balaban J connectivity index is 1.70. The molecule has 0 bridgehead atoms. The fourth-order valence-electron chi connectivity index (χ4n) is 3.59. The van der Waals surface area contributed by atoms with Crippen molar-refractivity contribution < 1.29 is 18.3 Å². The molecule has 1 aliphatic heterocycles. The minimum absolute atomic E-state index is 0.0892. The molecule has 1 saturated carbocycles. The summed E-state index contributed by atoms with van der Waals surface area (Å²) in [4.78, 5) is 12.6. The molecule has 2 N–H and O–H groups in total. The lowest BCUT2D eigenvalue weighted by molar-refractivity contribution is 0.0598. The highest BCUT2D eigenvalue weighted by atomic mass is 19.3. The third kappa shape index (κ3) is 3.38. The summed E-state index contributed by atoms with van der Waals surface area (Å²) in [6, 6.07) is -1.03. The molecule has 0 spiro atoms. The van der Waals surface area contributed by atoms with Crippen molar-refractivity contribution in [1.82, 2.24) is 15.1 Å². The Morgan fingerprint density at radius 2 is 2.12 bits per heavy atom. The lowest BCUT2D eigenvalue weighted by atomic mass is 9.93. The third-order valence-electron chi connectivity index (χ3n) is 4.97. The van der Waals surface area contributed by atoms with Crippen molar-refractivity contribution in [2.45, 2.75) is 69.7 Å². The second kappa shape index (κ2) is 7.04. The number of carbonyl (C=O) groups excluding carboxylic acids is 1. The molecule has 2 atom stereocenters. The summed E-state index contributed by atoms with van der Waals surface area (Å²) in [7, 11) is 1.70. The van der Waals surface area contributed by atoms with Crippen LogP contribution < -0.4 is 10.6 Å². The quantitative estimate of drug-likeness (QED) is 0.882. The number of rotatable bonds is 4. The van der Waals surface area contributed by atoms with Crippen molar-refractivity contribution in [2.75, 3.05) is 12.4 Å². The number of anilines is 1. The van der Waals surface area contributed by atoms with E-state index in [0.717, 1.165) is 25.7 Å². The van der Waals surface area contributed by atoms with Crippen LogP contribution in [0.5, 0.6) is 0 Å². The van der Waals surface area contributed by atoms with Crippen LogP contribution in [0.4, 0.5) is 14.6 Å². The van der Waals surface area contributed by atoms with Crippen LogP contribution in [-0.4, -0.2) is 47.4 Å². The van der Waals surface area contributed by atoms with Gasteiger partial charge in [0.05, 0.1) is 12.3 Å². The van der Waals surface area contributed by atoms with Gasteiger partial charge in [0.1, 0.15) is 17.4 Å². The molecule has 2 heterocycles. The van der Waals surface area contributed by atoms with Crippen molar-refractivity contribution in [1.29, 1.82) is 0 Å². The molecule has 8 heteroatoms. The Bertz CT molecular complexity index is 585. The molecular formula is C16H24F2N4O2. The van der Waals surface area contributed by atoms with Gasteiger partial charge in [-0.15, -0.1) is 0 Å². The van der Waals surface area contributed by atoms with E-state index in [-0.39, 0.29) is 30.5 Å². The van der Waals surface area contributed by atoms with E-state index in [1.165, 1.54) is 10.9 Å². The van der Waals surface area contributed by atoms with Crippen LogP contribution >= 0.6 is 0 Å². The minimum Gasteiger partial charge on any atom is -0.381 e. The number of halogens is 2. The zero-order chi connectivity index (χ0) is 17.3. The Labute approximate surface area is 139 Å². The molecule has 134 valence electrons. The number of fused-ring (bicyclic) bond motifs is 1. The van der Waals surface area contributed by atoms with Crippen molar-refractivity contribution in [3.8, 4) is 0 Å². The van der Waals surface area contributed by atoms with E-state index in [9.17, 15) is 13.6 Å². The van der Waals surface area contributed by atoms with Gasteiger partial charge in [-0.25, -0.2) is 13.5 Å². The van der Waals surface area contributed by atoms with Gasteiger partial charge in [-0.1, -0.05) is 0 Å². The molecule has 1 aromatic heterocycles. The summed E-state index contributed by atoms with van der Waals surface area (Å²) in [6.07, 6.45) is 2.96. The molecule has 0 radical (unpaired) electrons. The summed E-state index contributed by atoms with van der Waals surface area (Å²) >= 11 is 0. The van der Waals surface area contributed by atoms with Gasteiger partial charge in [0.2, 0.25) is 0 Å². The number of nitrogens with one attached hydrogen (secondary N) is 2. The number of alkyl halides is 2. The van der Waals surface area contributed by atoms with Crippen molar-refractivity contribution >= 4 is 11.7 Å². The average molecular weight is 342 g/mol. The maximum absolute atomic E-state index is 13.2. The number of ether oxygens (including phenoxy) is 1. The smallest absolute Gasteiger partial charge is 0.260 e. The second-order valence-electron chi connectivity index (χ2n) is 6.72. The molecule has 0 unspecified atom stereocenters. The number of aromatic nitrogens is 2. The number of hydrogen-bond acceptors (Lipinski definition) is 4. The van der Waals surface area contributed by atoms with Crippen LogP contribution in [0.2, 0.25) is 0 Å². The Kier molecular flexibility index (Phi) is 5.03. The molecular weight excluding hydrogens is 318 g/mol. The molecule has 1 aliphatic carbocycles. The lowest BCUT2D eigenvalue weighted by Crippen LogP contribution is -2.40. The van der Waals surface area contributed by atoms with E-state index in [1.807, 2.05) is 6.92 Å². The minimum atomic E-state index is -2.51. The number of hydrogen-bond donors (Lipinski definition) is 2. The standard InChI is InChI=1S/C16H24F2N4O2/c1-9-7-13(14(17)18)22-15(20-9)12(8-19-22)16(23)21-10-3-5-11(24-2)6-4-10/h8-11,13-14,20H,3-7H2,1-2H3,(H,21,23)/t9-,10?,11?,13-/m0/s1. The van der Waals surface area contributed by atoms with E-state index in [4.69, 9.17) is 4.74 Å². The van der Waals surface area contributed by atoms with Crippen LogP contribution in [0.3, 0.4) is 0 Å². The van der Waals surface area contributed by atoms with Gasteiger partial charge in [-0.3, -0.25) is 4.79 Å². The number of amides is 1. The number of methoxy groups -OCH3 is 1. The first-order valence-electron chi connectivity index (χ1n) is 8.45. The monoisotopic (exact) mass is 342 g/mol. The van der Waals surface area contributed by atoms with E-state index in [0.29, 0.717) is 11.4 Å². The second-order valence-corrected chi connectivity index (χ2v) is 6.72. The lowest BCUT2D eigenvalue weighted by Gasteiger charge is -2.31. The van der Waals surface area contributed by atoms with Gasteiger partial charge in [-0.2, -0.15) is 5.10 Å². The van der Waals surface area contributed by atoms with E-state index >= 15 is 0 Å². The van der Waals surface area contributed by atoms with Crippen LogP contribution in [0.25, 0.3) is 0 Å². The maximum atomic E-state index is 13.2. The van der Waals surface area contributed by atoms with E-state index < -0.39 is 12.5 Å². The fourth-order valence-corrected chi connectivity index (χ4v) is 3.59. The van der Waals surface area contributed by atoms with Crippen molar-refractivity contribution in [3.63, 3.8) is 0 Å². The summed E-state index contributed by atoms with van der Waals surface area (Å²) in [5, 5.41) is 10.1. The third-order valence-corrected chi connectivity index (χ3v) is 4.97. The van der Waals surface area contributed by atoms with Crippen LogP contribution in [-0.2, 0) is 4.74 Å². The van der Waals surface area contributed by atoms with Gasteiger partial charge in [-0.05, 0) is 39.0 Å². The predicted molar refractivity (Wildman–Crippen MR) is 85.5 cm³/mol. The highest BCUT2D eigenvalue weighted by molar-refractivity contribution is 5.99. The molecule has 0 aromatic carbocycles. The van der Waals surface area contributed by atoms with Crippen molar-refractivity contribution in [3.05, 3.63) is 11.8 Å². The van der Waals surface area contributed by atoms with Crippen LogP contribution in [0.1, 0.15) is 55.4 Å². The van der Waals surface area contributed by atoms with Crippen molar-refractivity contribution in [2.24, 2.45) is 0 Å². The summed E-state index contributed by atoms with van der Waals surface area (Å²) in [5.41, 5.74) is 0.334. The van der Waals surface area contributed by atoms with Gasteiger partial charge < -0.3 is 15.4 Å². The molecule has 24 heavy (non-hydrogen) atoms. The zero-order valence-electron chi connectivity index (χ0n) is 14.0. The molecule has 3 rings (SSSR count). The first-order valence-corrected chi connectivity index (χ1v) is 8.45. The molecule has 6 nitrogen and oxygen atoms in total. The predicted octanol–water partition coefficient (Wildman–Crippen LogP) is 2.58. The van der Waals surface area contributed by atoms with Crippen LogP contribution in [0, 0.1) is 0 Å². The first-order chi connectivity index (χ1) is 11.5. The normalized spacial score (nSPS) is 29.9. The fraction of sp³-hybridized carbons (Fsp3) is 0.750. The molecule has 2 aliphatic rings. The highest BCUT2D eigenvalue weighted by Crippen LogP contribution is 2.33. The maximum Gasteiger partial charge on any atom is 0.260 e. The van der Waals surface area contributed by atoms with Gasteiger partial charge in [0.15, 0.2) is 0 Å². The van der Waals surface area contributed by atoms with E-state index in [1.54, 1.807) is 7.11 Å². The van der Waals surface area contributed by atoms with Gasteiger partial charge in [0.25, 0.3) is 12.3 Å². The van der Waals surface area contributed by atoms with E-state index in [2.05, 4.69) is 15.7 Å². The highest BCUT2D eigenvalue weighted by Gasteiger charge is 2.34. The Morgan fingerprint density at radius 3 is 2.75 bits per heavy atom. The van der Waals surface area contributed by atoms with Gasteiger partial charge >= 0.3 is 0 Å². The molecule has 1 aromatic rings. The summed E-state index contributed by atoms with van der Waals surface area (Å²) in [6.45, 7) is 1.83. The molecule has 1 fully saturated rings. The summed E-state index contributed by atoms with van der Waals surface area (Å²) in [5.74, 6) is 0.133. The first kappa shape index (κ1) is 17.1. The number of carbonyl (C=O) groups is 1. The molecule has 0 saturated heterocycles. The van der Waals surface area contributed by atoms with Crippen LogP contribution in [0.15, 0.2) is 6.20 Å².